The molecule has 1 unspecified atom stereocenters. The molecule has 8 heteroatoms. The number of nitrogens with one attached hydrogen (secondary N) is 1. The predicted molar refractivity (Wildman–Crippen MR) is 114 cm³/mol. The van der Waals surface area contributed by atoms with Crippen molar-refractivity contribution < 1.29 is 13.9 Å². The van der Waals surface area contributed by atoms with E-state index in [1.54, 1.807) is 19.2 Å². The van der Waals surface area contributed by atoms with Crippen molar-refractivity contribution in [1.29, 1.82) is 0 Å². The molecule has 4 rings (SSSR count). The number of halogens is 1. The standard InChI is InChI=1S/C22H26FN5O2/c1-26-9-19-13-28(22(29)30-19)18-4-5-20(21(23)7-18)14-2-3-15-10-27(11-16(15)6-14)12-17(25)8-24/h2-8,19,26H,9-13,24-25H2,1H3/b17-8-. The largest absolute Gasteiger partial charge is 0.443 e. The van der Waals surface area contributed by atoms with E-state index in [1.165, 1.54) is 22.7 Å². The van der Waals surface area contributed by atoms with Gasteiger partial charge in [-0.25, -0.2) is 9.18 Å². The topological polar surface area (TPSA) is 96.9 Å². The normalized spacial score (nSPS) is 19.3. The van der Waals surface area contributed by atoms with Crippen molar-refractivity contribution >= 4 is 11.8 Å². The number of nitrogens with zero attached hydrogens (tertiary/aromatic N) is 2. The lowest BCUT2D eigenvalue weighted by Gasteiger charge is -2.15. The molecule has 5 N–H and O–H groups in total. The molecule has 2 aromatic carbocycles. The number of hydrogen-bond donors (Lipinski definition) is 3. The quantitative estimate of drug-likeness (QED) is 0.674. The summed E-state index contributed by atoms with van der Waals surface area (Å²) in [5.74, 6) is -0.373. The maximum atomic E-state index is 15.0. The molecule has 0 bridgehead atoms. The van der Waals surface area contributed by atoms with Gasteiger partial charge in [-0.3, -0.25) is 9.80 Å². The van der Waals surface area contributed by atoms with Crippen molar-refractivity contribution in [2.24, 2.45) is 11.5 Å². The van der Waals surface area contributed by atoms with E-state index in [4.69, 9.17) is 16.2 Å². The highest BCUT2D eigenvalue weighted by Crippen LogP contribution is 2.32. The van der Waals surface area contributed by atoms with Gasteiger partial charge < -0.3 is 21.5 Å². The lowest BCUT2D eigenvalue weighted by molar-refractivity contribution is 0.141. The predicted octanol–water partition coefficient (Wildman–Crippen LogP) is 2.11. The van der Waals surface area contributed by atoms with Crippen LogP contribution in [0.1, 0.15) is 11.1 Å². The monoisotopic (exact) mass is 411 g/mol. The van der Waals surface area contributed by atoms with E-state index in [1.807, 2.05) is 18.2 Å². The molecule has 1 saturated heterocycles. The molecule has 2 aliphatic rings. The summed E-state index contributed by atoms with van der Waals surface area (Å²) >= 11 is 0. The third-order valence-electron chi connectivity index (χ3n) is 5.50. The second kappa shape index (κ2) is 8.33. The summed E-state index contributed by atoms with van der Waals surface area (Å²) in [6.07, 6.45) is 0.724. The number of anilines is 1. The van der Waals surface area contributed by atoms with E-state index < -0.39 is 6.09 Å². The van der Waals surface area contributed by atoms with Gasteiger partial charge in [-0.1, -0.05) is 12.1 Å². The lowest BCUT2D eigenvalue weighted by Crippen LogP contribution is -2.29. The Kier molecular flexibility index (Phi) is 5.61. The maximum absolute atomic E-state index is 15.0. The fraction of sp³-hybridized carbons (Fsp3) is 0.318. The van der Waals surface area contributed by atoms with E-state index in [2.05, 4.69) is 10.2 Å². The van der Waals surface area contributed by atoms with Gasteiger partial charge in [0.2, 0.25) is 0 Å². The summed E-state index contributed by atoms with van der Waals surface area (Å²) in [7, 11) is 1.80. The summed E-state index contributed by atoms with van der Waals surface area (Å²) in [5, 5.41) is 2.98. The minimum atomic E-state index is -0.453. The number of likely N-dealkylation sites (N-methyl/N-ethyl adjacent to an activating group) is 1. The van der Waals surface area contributed by atoms with Gasteiger partial charge in [0, 0.05) is 43.6 Å². The average molecular weight is 411 g/mol. The first-order valence-corrected chi connectivity index (χ1v) is 9.91. The molecule has 2 heterocycles. The third-order valence-corrected chi connectivity index (χ3v) is 5.50. The molecule has 0 spiro atoms. The first-order chi connectivity index (χ1) is 14.5. The Morgan fingerprint density at radius 3 is 2.80 bits per heavy atom. The van der Waals surface area contributed by atoms with Crippen LogP contribution in [-0.2, 0) is 17.8 Å². The Labute approximate surface area is 175 Å². The van der Waals surface area contributed by atoms with Crippen LogP contribution in [0.3, 0.4) is 0 Å². The van der Waals surface area contributed by atoms with Crippen LogP contribution in [0.5, 0.6) is 0 Å². The van der Waals surface area contributed by atoms with Gasteiger partial charge in [0.1, 0.15) is 11.9 Å². The van der Waals surface area contributed by atoms with Crippen LogP contribution < -0.4 is 21.7 Å². The number of fused-ring (bicyclic) bond motifs is 1. The minimum absolute atomic E-state index is 0.243. The molecule has 2 aliphatic heterocycles. The van der Waals surface area contributed by atoms with Crippen molar-refractivity contribution in [3.63, 3.8) is 0 Å². The highest BCUT2D eigenvalue weighted by molar-refractivity contribution is 5.90. The average Bonchev–Trinajstić information content (AvgIpc) is 3.29. The number of rotatable bonds is 6. The molecular weight excluding hydrogens is 385 g/mol. The van der Waals surface area contributed by atoms with Crippen LogP contribution in [-0.4, -0.2) is 43.8 Å². The first kappa shape index (κ1) is 20.2. The Hall–Kier alpha value is -3.10. The van der Waals surface area contributed by atoms with Gasteiger partial charge in [0.05, 0.1) is 12.2 Å². The highest BCUT2D eigenvalue weighted by Gasteiger charge is 2.32. The molecule has 158 valence electrons. The summed E-state index contributed by atoms with van der Waals surface area (Å²) in [4.78, 5) is 15.8. The number of ether oxygens (including phenoxy) is 1. The Bertz CT molecular complexity index is 993. The first-order valence-electron chi connectivity index (χ1n) is 9.91. The number of carbonyl (C=O) groups excluding carboxylic acids is 1. The van der Waals surface area contributed by atoms with Crippen molar-refractivity contribution in [1.82, 2.24) is 10.2 Å². The number of cyclic esters (lactones) is 1. The smallest absolute Gasteiger partial charge is 0.414 e. The molecule has 2 aromatic rings. The second-order valence-electron chi connectivity index (χ2n) is 7.71. The van der Waals surface area contributed by atoms with Gasteiger partial charge in [0.15, 0.2) is 0 Å². The zero-order chi connectivity index (χ0) is 21.3. The summed E-state index contributed by atoms with van der Waals surface area (Å²) in [6, 6.07) is 10.8. The van der Waals surface area contributed by atoms with Gasteiger partial charge in [-0.2, -0.15) is 0 Å². The maximum Gasteiger partial charge on any atom is 0.414 e. The molecule has 0 aromatic heterocycles. The highest BCUT2D eigenvalue weighted by atomic mass is 19.1. The van der Waals surface area contributed by atoms with Crippen LogP contribution in [0, 0.1) is 5.82 Å². The minimum Gasteiger partial charge on any atom is -0.443 e. The van der Waals surface area contributed by atoms with Crippen LogP contribution in [0.25, 0.3) is 11.1 Å². The van der Waals surface area contributed by atoms with Crippen molar-refractivity contribution in [2.75, 3.05) is 31.6 Å². The van der Waals surface area contributed by atoms with Crippen LogP contribution in [0.15, 0.2) is 48.3 Å². The molecule has 1 atom stereocenters. The van der Waals surface area contributed by atoms with E-state index >= 15 is 0 Å². The summed E-state index contributed by atoms with van der Waals surface area (Å²) < 4.78 is 20.3. The van der Waals surface area contributed by atoms with Crippen molar-refractivity contribution in [3.8, 4) is 11.1 Å². The molecule has 30 heavy (non-hydrogen) atoms. The number of benzene rings is 2. The molecule has 0 saturated carbocycles. The Balaban J connectivity index is 1.52. The van der Waals surface area contributed by atoms with Crippen molar-refractivity contribution in [2.45, 2.75) is 19.2 Å². The molecular formula is C22H26FN5O2. The number of hydrogen-bond acceptors (Lipinski definition) is 6. The van der Waals surface area contributed by atoms with Gasteiger partial charge in [-0.15, -0.1) is 0 Å². The van der Waals surface area contributed by atoms with E-state index in [0.29, 0.717) is 36.6 Å². The summed E-state index contributed by atoms with van der Waals surface area (Å²) in [6.45, 7) is 3.08. The van der Waals surface area contributed by atoms with Gasteiger partial charge >= 0.3 is 6.09 Å². The van der Waals surface area contributed by atoms with Crippen LogP contribution >= 0.6 is 0 Å². The summed E-state index contributed by atoms with van der Waals surface area (Å²) in [5.41, 5.74) is 16.1. The van der Waals surface area contributed by atoms with Gasteiger partial charge in [-0.05, 0) is 48.0 Å². The molecule has 0 aliphatic carbocycles. The van der Waals surface area contributed by atoms with Crippen molar-refractivity contribution in [3.05, 3.63) is 65.2 Å². The fourth-order valence-corrected chi connectivity index (χ4v) is 4.03. The lowest BCUT2D eigenvalue weighted by atomic mass is 10.00. The SMILES string of the molecule is CNCC1CN(c2ccc(-c3ccc4c(c3)CN(C/C(N)=C/N)C4)c(F)c2)C(=O)O1. The van der Waals surface area contributed by atoms with Crippen LogP contribution in [0.2, 0.25) is 0 Å². The second-order valence-corrected chi connectivity index (χ2v) is 7.71. The van der Waals surface area contributed by atoms with E-state index in [9.17, 15) is 9.18 Å². The Morgan fingerprint density at radius 1 is 1.27 bits per heavy atom. The molecule has 0 radical (unpaired) electrons. The number of amides is 1. The molecule has 1 fully saturated rings. The number of carbonyl (C=O) groups is 1. The van der Waals surface area contributed by atoms with E-state index in [0.717, 1.165) is 24.2 Å². The fourth-order valence-electron chi connectivity index (χ4n) is 4.03. The zero-order valence-corrected chi connectivity index (χ0v) is 16.9. The number of nitrogens with two attached hydrogens (primary N) is 2. The van der Waals surface area contributed by atoms with E-state index in [-0.39, 0.29) is 11.9 Å². The third kappa shape index (κ3) is 3.96. The Morgan fingerprint density at radius 2 is 2.07 bits per heavy atom. The van der Waals surface area contributed by atoms with Crippen LogP contribution in [0.4, 0.5) is 14.9 Å². The molecule has 7 nitrogen and oxygen atoms in total. The zero-order valence-electron chi connectivity index (χ0n) is 16.9. The molecule has 1 amide bonds. The van der Waals surface area contributed by atoms with Gasteiger partial charge in [0.25, 0.3) is 0 Å².